The van der Waals surface area contributed by atoms with Gasteiger partial charge < -0.3 is 10.2 Å². The average Bonchev–Trinajstić information content (AvgIpc) is 2.08. The van der Waals surface area contributed by atoms with Crippen LogP contribution in [0.15, 0.2) is 13.2 Å². The summed E-state index contributed by atoms with van der Waals surface area (Å²) in [5.74, 6) is -0.722. The molecule has 0 fully saturated rings. The zero-order valence-corrected chi connectivity index (χ0v) is 9.64. The molecule has 0 saturated carbocycles. The van der Waals surface area contributed by atoms with Gasteiger partial charge in [0.15, 0.2) is 0 Å². The van der Waals surface area contributed by atoms with Crippen LogP contribution in [0, 0.1) is 0 Å². The third-order valence-corrected chi connectivity index (χ3v) is 1.10. The fraction of sp³-hybridized carbons (Fsp3) is 0.500. The van der Waals surface area contributed by atoms with Crippen LogP contribution >= 0.6 is 25.3 Å². The second kappa shape index (κ2) is 18.2. The van der Waals surface area contributed by atoms with Gasteiger partial charge in [-0.1, -0.05) is 0 Å². The number of thiol groups is 2. The Labute approximate surface area is 94.8 Å². The molecular formula is C8H16O4S2. The predicted molar refractivity (Wildman–Crippen MR) is 63.5 cm³/mol. The van der Waals surface area contributed by atoms with Gasteiger partial charge in [-0.05, 0) is 0 Å². The Morgan fingerprint density at radius 3 is 1.14 bits per heavy atom. The monoisotopic (exact) mass is 240 g/mol. The maximum atomic E-state index is 9.55. The zero-order chi connectivity index (χ0) is 12.0. The first-order valence-corrected chi connectivity index (χ1v) is 4.96. The molecule has 0 atom stereocenters. The number of hydrogen-bond acceptors (Lipinski definition) is 4. The molecule has 0 rings (SSSR count). The summed E-state index contributed by atoms with van der Waals surface area (Å²) in [5, 5.41) is 15.7. The van der Waals surface area contributed by atoms with E-state index in [1.807, 2.05) is 0 Å². The van der Waals surface area contributed by atoms with Crippen LogP contribution in [0.25, 0.3) is 0 Å². The Morgan fingerprint density at radius 2 is 1.14 bits per heavy atom. The van der Waals surface area contributed by atoms with Crippen molar-refractivity contribution in [3.63, 3.8) is 0 Å². The van der Waals surface area contributed by atoms with E-state index in [4.69, 9.17) is 10.2 Å². The van der Waals surface area contributed by atoms with Gasteiger partial charge in [0.1, 0.15) is 0 Å². The molecule has 0 aromatic heterocycles. The summed E-state index contributed by atoms with van der Waals surface area (Å²) in [6.07, 6.45) is 0.312. The fourth-order valence-electron chi connectivity index (χ4n) is 0.191. The molecule has 6 heteroatoms. The lowest BCUT2D eigenvalue weighted by atomic mass is 10.5. The van der Waals surface area contributed by atoms with Crippen molar-refractivity contribution >= 4 is 37.2 Å². The van der Waals surface area contributed by atoms with Crippen molar-refractivity contribution in [2.45, 2.75) is 12.8 Å². The molecule has 0 heterocycles. The average molecular weight is 240 g/mol. The Balaban J connectivity index is -0.000000147. The molecule has 0 aromatic rings. The SMILES string of the molecule is C=C.O=C(O)CCS.O=C(O)CCS. The van der Waals surface area contributed by atoms with Crippen LogP contribution in [0.4, 0.5) is 0 Å². The molecule has 4 nitrogen and oxygen atoms in total. The Bertz CT molecular complexity index is 134. The molecular weight excluding hydrogens is 224 g/mol. The van der Waals surface area contributed by atoms with Gasteiger partial charge in [0.25, 0.3) is 0 Å². The summed E-state index contributed by atoms with van der Waals surface area (Å²) >= 11 is 7.36. The van der Waals surface area contributed by atoms with Crippen LogP contribution in [0.2, 0.25) is 0 Å². The van der Waals surface area contributed by atoms with E-state index < -0.39 is 11.9 Å². The minimum absolute atomic E-state index is 0.156. The number of carboxylic acid groups (broad SMARTS) is 2. The van der Waals surface area contributed by atoms with Crippen LogP contribution in [0.1, 0.15) is 12.8 Å². The molecule has 0 radical (unpaired) electrons. The van der Waals surface area contributed by atoms with Gasteiger partial charge in [-0.2, -0.15) is 25.3 Å². The van der Waals surface area contributed by atoms with E-state index in [2.05, 4.69) is 38.4 Å². The fourth-order valence-corrected chi connectivity index (χ4v) is 0.574. The maximum Gasteiger partial charge on any atom is 0.304 e. The van der Waals surface area contributed by atoms with Crippen LogP contribution < -0.4 is 0 Å². The second-order valence-electron chi connectivity index (χ2n) is 1.73. The largest absolute Gasteiger partial charge is 0.481 e. The highest BCUT2D eigenvalue weighted by molar-refractivity contribution is 7.80. The van der Waals surface area contributed by atoms with Gasteiger partial charge in [0.2, 0.25) is 0 Å². The number of rotatable bonds is 4. The van der Waals surface area contributed by atoms with Crippen molar-refractivity contribution in [1.29, 1.82) is 0 Å². The van der Waals surface area contributed by atoms with Gasteiger partial charge in [-0.3, -0.25) is 9.59 Å². The van der Waals surface area contributed by atoms with E-state index >= 15 is 0 Å². The van der Waals surface area contributed by atoms with Gasteiger partial charge in [0.05, 0.1) is 12.8 Å². The zero-order valence-electron chi connectivity index (χ0n) is 7.85. The molecule has 0 aliphatic carbocycles. The first-order chi connectivity index (χ1) is 6.54. The van der Waals surface area contributed by atoms with E-state index in [1.165, 1.54) is 0 Å². The highest BCUT2D eigenvalue weighted by Crippen LogP contribution is 1.80. The minimum Gasteiger partial charge on any atom is -0.481 e. The summed E-state index contributed by atoms with van der Waals surface area (Å²) in [4.78, 5) is 19.1. The van der Waals surface area contributed by atoms with E-state index in [0.29, 0.717) is 11.5 Å². The molecule has 2 N–H and O–H groups in total. The lowest BCUT2D eigenvalue weighted by molar-refractivity contribution is -0.137. The summed E-state index contributed by atoms with van der Waals surface area (Å²) < 4.78 is 0. The molecule has 0 unspecified atom stereocenters. The normalized spacial score (nSPS) is 7.29. The third kappa shape index (κ3) is 42.4. The van der Waals surface area contributed by atoms with Gasteiger partial charge in [-0.25, -0.2) is 0 Å². The second-order valence-corrected chi connectivity index (χ2v) is 2.63. The summed E-state index contributed by atoms with van der Waals surface area (Å²) in [6, 6.07) is 0. The van der Waals surface area contributed by atoms with Crippen molar-refractivity contribution in [3.8, 4) is 0 Å². The summed E-state index contributed by atoms with van der Waals surface area (Å²) in [6.45, 7) is 6.00. The van der Waals surface area contributed by atoms with Gasteiger partial charge in [0, 0.05) is 11.5 Å². The molecule has 0 amide bonds. The number of aliphatic carboxylic acids is 2. The molecule has 0 aliphatic heterocycles. The van der Waals surface area contributed by atoms with Gasteiger partial charge >= 0.3 is 11.9 Å². The molecule has 0 spiro atoms. The van der Waals surface area contributed by atoms with Crippen LogP contribution in [0.5, 0.6) is 0 Å². The Morgan fingerprint density at radius 1 is 0.929 bits per heavy atom. The topological polar surface area (TPSA) is 74.6 Å². The summed E-state index contributed by atoms with van der Waals surface area (Å²) in [7, 11) is 0. The van der Waals surface area contributed by atoms with Crippen molar-refractivity contribution in [1.82, 2.24) is 0 Å². The smallest absolute Gasteiger partial charge is 0.304 e. The molecule has 0 saturated heterocycles. The first kappa shape index (κ1) is 19.0. The molecule has 0 aromatic carbocycles. The quantitative estimate of drug-likeness (QED) is 0.444. The number of carboxylic acids is 2. The minimum atomic E-state index is -0.787. The lowest BCUT2D eigenvalue weighted by Gasteiger charge is -1.79. The Kier molecular flexibility index (Phi) is 24.8. The van der Waals surface area contributed by atoms with Crippen LogP contribution in [-0.2, 0) is 9.59 Å². The molecule has 0 aliphatic rings. The lowest BCUT2D eigenvalue weighted by Crippen LogP contribution is -1.93. The molecule has 14 heavy (non-hydrogen) atoms. The van der Waals surface area contributed by atoms with E-state index in [1.54, 1.807) is 0 Å². The van der Waals surface area contributed by atoms with Crippen molar-refractivity contribution in [2.75, 3.05) is 11.5 Å². The van der Waals surface area contributed by atoms with E-state index in [9.17, 15) is 9.59 Å². The standard InChI is InChI=1S/2C3H6O2S.C2H4/c2*4-3(5)1-2-6;1-2/h2*6H,1-2H2,(H,4,5);1-2H2. The summed E-state index contributed by atoms with van der Waals surface area (Å²) in [5.41, 5.74) is 0. The van der Waals surface area contributed by atoms with Crippen LogP contribution in [-0.4, -0.2) is 33.7 Å². The Hall–Kier alpha value is -0.620. The van der Waals surface area contributed by atoms with Crippen LogP contribution in [0.3, 0.4) is 0 Å². The van der Waals surface area contributed by atoms with Crippen molar-refractivity contribution in [3.05, 3.63) is 13.2 Å². The number of carbonyl (C=O) groups is 2. The third-order valence-electron chi connectivity index (χ3n) is 0.651. The molecule has 84 valence electrons. The highest BCUT2D eigenvalue weighted by atomic mass is 32.1. The van der Waals surface area contributed by atoms with Crippen molar-refractivity contribution < 1.29 is 19.8 Å². The van der Waals surface area contributed by atoms with Crippen molar-refractivity contribution in [2.24, 2.45) is 0 Å². The highest BCUT2D eigenvalue weighted by Gasteiger charge is 1.88. The first-order valence-electron chi connectivity index (χ1n) is 3.70. The number of hydrogen-bond donors (Lipinski definition) is 4. The maximum absolute atomic E-state index is 9.55. The predicted octanol–water partition coefficient (Wildman–Crippen LogP) is 1.58. The molecule has 0 bridgehead atoms. The van der Waals surface area contributed by atoms with E-state index in [0.717, 1.165) is 0 Å². The van der Waals surface area contributed by atoms with E-state index in [-0.39, 0.29) is 12.8 Å². The van der Waals surface area contributed by atoms with Gasteiger partial charge in [-0.15, -0.1) is 13.2 Å².